The van der Waals surface area contributed by atoms with E-state index in [0.29, 0.717) is 12.8 Å². The van der Waals surface area contributed by atoms with Crippen LogP contribution in [0.2, 0.25) is 0 Å². The number of hydrogen-bond donors (Lipinski definition) is 20. The second-order valence-electron chi connectivity index (χ2n) is 31.0. The van der Waals surface area contributed by atoms with Gasteiger partial charge < -0.3 is 150 Å². The summed E-state index contributed by atoms with van der Waals surface area (Å²) in [5, 5.41) is 196. The number of amides is 3. The van der Waals surface area contributed by atoms with Crippen LogP contribution < -0.4 is 16.0 Å². The molecule has 0 aromatic heterocycles. The molecule has 0 aromatic carbocycles. The molecule has 5 fully saturated rings. The number of carboxylic acid groups (broad SMARTS) is 1. The molecule has 113 heavy (non-hydrogen) atoms. The summed E-state index contributed by atoms with van der Waals surface area (Å²) in [5.41, 5.74) is 0. The summed E-state index contributed by atoms with van der Waals surface area (Å²) in [4.78, 5) is 51.9. The summed E-state index contributed by atoms with van der Waals surface area (Å²) in [6.07, 6.45) is -5.10. The predicted octanol–water partition coefficient (Wildman–Crippen LogP) is 1.07. The summed E-state index contributed by atoms with van der Waals surface area (Å²) >= 11 is 0. The first kappa shape index (κ1) is 99.9. The van der Waals surface area contributed by atoms with E-state index in [-0.39, 0.29) is 12.3 Å². The van der Waals surface area contributed by atoms with E-state index in [1.54, 1.807) is 6.08 Å². The first-order valence-electron chi connectivity index (χ1n) is 41.7. The Hall–Kier alpha value is -3.68. The van der Waals surface area contributed by atoms with Gasteiger partial charge in [-0.05, 0) is 44.9 Å². The molecule has 658 valence electrons. The Bertz CT molecular complexity index is 2660. The first-order chi connectivity index (χ1) is 54.3. The summed E-state index contributed by atoms with van der Waals surface area (Å²) in [6.45, 7) is 0.654. The van der Waals surface area contributed by atoms with Crippen molar-refractivity contribution in [1.29, 1.82) is 0 Å². The zero-order valence-corrected chi connectivity index (χ0v) is 66.8. The maximum absolute atomic E-state index is 13.6. The fraction of sp³-hybridized carbons (Fsp3) is 0.899. The molecule has 5 rings (SSSR count). The number of aliphatic hydroxyl groups is 16. The molecule has 0 aromatic rings. The molecule has 5 saturated heterocycles. The molecule has 34 nitrogen and oxygen atoms in total. The Morgan fingerprint density at radius 1 is 0.460 bits per heavy atom. The minimum absolute atomic E-state index is 0.174. The third-order valence-corrected chi connectivity index (χ3v) is 21.7. The molecule has 5 aliphatic rings. The Labute approximate surface area is 665 Å². The normalized spacial score (nSPS) is 33.5. The molecular weight excluding hydrogens is 1490 g/mol. The average molecular weight is 1630 g/mol. The molecule has 28 atom stereocenters. The van der Waals surface area contributed by atoms with Crippen LogP contribution in [0.25, 0.3) is 0 Å². The highest BCUT2D eigenvalue weighted by Gasteiger charge is 2.61. The molecule has 0 saturated carbocycles. The van der Waals surface area contributed by atoms with Crippen LogP contribution in [0.5, 0.6) is 0 Å². The zero-order valence-electron chi connectivity index (χ0n) is 66.8. The Morgan fingerprint density at radius 2 is 0.858 bits per heavy atom. The number of ether oxygens (including phenoxy) is 10. The fourth-order valence-electron chi connectivity index (χ4n) is 15.1. The van der Waals surface area contributed by atoms with Gasteiger partial charge in [0, 0.05) is 26.7 Å². The van der Waals surface area contributed by atoms with E-state index in [1.165, 1.54) is 128 Å². The van der Waals surface area contributed by atoms with Crippen molar-refractivity contribution in [2.45, 2.75) is 411 Å². The average Bonchev–Trinajstić information content (AvgIpc) is 0.761. The minimum atomic E-state index is -3.21. The number of carboxylic acids is 1. The Balaban J connectivity index is 1.21. The number of aliphatic carboxylic acids is 1. The van der Waals surface area contributed by atoms with Crippen molar-refractivity contribution in [2.75, 3.05) is 39.6 Å². The molecule has 34 heteroatoms. The number of nitrogens with one attached hydrogen (secondary N) is 3. The van der Waals surface area contributed by atoms with Gasteiger partial charge in [-0.3, -0.25) is 14.4 Å². The van der Waals surface area contributed by atoms with Gasteiger partial charge in [0.25, 0.3) is 5.79 Å². The van der Waals surface area contributed by atoms with Crippen molar-refractivity contribution in [3.63, 3.8) is 0 Å². The first-order valence-corrected chi connectivity index (χ1v) is 41.7. The summed E-state index contributed by atoms with van der Waals surface area (Å²) in [5.74, 6) is -7.35. The van der Waals surface area contributed by atoms with Crippen molar-refractivity contribution in [1.82, 2.24) is 16.0 Å². The molecule has 5 heterocycles. The lowest BCUT2D eigenvalue weighted by molar-refractivity contribution is -0.389. The van der Waals surface area contributed by atoms with Gasteiger partial charge in [0.15, 0.2) is 25.2 Å². The Kier molecular flexibility index (Phi) is 48.2. The molecule has 0 spiro atoms. The van der Waals surface area contributed by atoms with Crippen molar-refractivity contribution < 1.29 is 153 Å². The second kappa shape index (κ2) is 54.5. The van der Waals surface area contributed by atoms with Crippen molar-refractivity contribution >= 4 is 23.7 Å². The van der Waals surface area contributed by atoms with Gasteiger partial charge in [0.2, 0.25) is 17.7 Å². The molecule has 3 amide bonds. The van der Waals surface area contributed by atoms with Crippen molar-refractivity contribution in [2.24, 2.45) is 0 Å². The van der Waals surface area contributed by atoms with Crippen molar-refractivity contribution in [3.05, 3.63) is 24.3 Å². The van der Waals surface area contributed by atoms with Gasteiger partial charge in [0.05, 0.1) is 63.9 Å². The highest BCUT2D eigenvalue weighted by Crippen LogP contribution is 2.40. The molecular formula is C79H141N3O31. The predicted molar refractivity (Wildman–Crippen MR) is 406 cm³/mol. The van der Waals surface area contributed by atoms with E-state index >= 15 is 0 Å². The summed E-state index contributed by atoms with van der Waals surface area (Å²) in [7, 11) is 0. The van der Waals surface area contributed by atoms with Crippen LogP contribution >= 0.6 is 0 Å². The lowest BCUT2D eigenvalue weighted by atomic mass is 9.88. The molecule has 0 radical (unpaired) electrons. The molecule has 10 unspecified atom stereocenters. The number of carbonyl (C=O) groups excluding carboxylic acids is 3. The van der Waals surface area contributed by atoms with Crippen LogP contribution in [0.3, 0.4) is 0 Å². The van der Waals surface area contributed by atoms with Gasteiger partial charge in [-0.1, -0.05) is 192 Å². The van der Waals surface area contributed by atoms with Crippen LogP contribution in [0.4, 0.5) is 0 Å². The molecule has 0 bridgehead atoms. The second-order valence-corrected chi connectivity index (χ2v) is 31.0. The van der Waals surface area contributed by atoms with E-state index in [0.717, 1.165) is 71.6 Å². The number of rotatable bonds is 57. The van der Waals surface area contributed by atoms with Gasteiger partial charge in [0.1, 0.15) is 116 Å². The molecule has 0 aliphatic carbocycles. The quantitative estimate of drug-likeness (QED) is 0.0299. The van der Waals surface area contributed by atoms with Gasteiger partial charge in [-0.25, -0.2) is 4.79 Å². The number of hydrogen-bond acceptors (Lipinski definition) is 30. The molecule has 5 aliphatic heterocycles. The SMILES string of the molecule is CCCCCCCC/C=C\CCCCCCCCCCCCCC(=O)N[C@@H](CO[C@@H]1OC(CO)[C@@H](O[C@@H]2OC(CO)[C@H](O[C@@H]3OC(CO)[C@H](O)[C@H](O[C@@H]4OC(CO)[C@H](O)[C@H](O[C@]5(C(=O)O)CC(O)[C@@H](NC(C)=O)C([C@H](O)[C@H](O)CO)O5)C4O)C3NC(C)=O)[C@H](O)C2O)[C@H](O)C1O)[C@H](O)/C=C/CCCCCCCCCCCCC. The maximum atomic E-state index is 13.6. The van der Waals surface area contributed by atoms with E-state index in [9.17, 15) is 106 Å². The number of allylic oxidation sites excluding steroid dienone is 3. The van der Waals surface area contributed by atoms with Gasteiger partial charge in [-0.15, -0.1) is 0 Å². The van der Waals surface area contributed by atoms with E-state index in [4.69, 9.17) is 47.4 Å². The minimum Gasteiger partial charge on any atom is -0.477 e. The smallest absolute Gasteiger partial charge is 0.364 e. The highest BCUT2D eigenvalue weighted by molar-refractivity contribution is 5.77. The van der Waals surface area contributed by atoms with Crippen LogP contribution in [-0.2, 0) is 66.5 Å². The number of carbonyl (C=O) groups is 4. The van der Waals surface area contributed by atoms with Crippen LogP contribution in [-0.4, -0.2) is 321 Å². The van der Waals surface area contributed by atoms with Gasteiger partial charge in [-0.2, -0.15) is 0 Å². The van der Waals surface area contributed by atoms with Crippen LogP contribution in [0.15, 0.2) is 24.3 Å². The summed E-state index contributed by atoms with van der Waals surface area (Å²) in [6, 6.07) is -4.60. The van der Waals surface area contributed by atoms with Crippen LogP contribution in [0, 0.1) is 0 Å². The standard InChI is InChI=1S/C79H141N3O31/c1-5-7-9-11-13-15-17-19-20-21-22-23-24-25-26-28-30-32-34-36-38-40-58(93)82-50(51(90)39-37-35-33-31-29-27-18-16-14-12-10-8-6-2)47-104-75-66(99)64(97)70(56(45-86)107-75)110-76-67(100)65(98)69(57(46-87)108-76)109-74-60(81-49(4)89)71(62(95)54(43-84)105-74)111-77-68(101)73(63(96)55(44-85)106-77)113-79(78(102)103)41-52(91)59(80-48(3)88)72(112-79)61(94)53(92)42-83/h19-20,37,39,50-57,59-77,83-87,90-92,94-101H,5-18,21-36,38,40-47H2,1-4H3,(H,80,88)(H,81,89)(H,82,93)(H,102,103)/b20-19-,39-37+/t50-,51+,52?,53+,54?,55?,56?,57?,59+,60?,61+,62-,63-,64+,65+,66?,67?,68?,69-,70+,71+,72?,73-,74-,75+,76-,77-,79-/m0/s1. The van der Waals surface area contributed by atoms with E-state index in [2.05, 4.69) is 41.9 Å². The van der Waals surface area contributed by atoms with Crippen LogP contribution in [0.1, 0.15) is 240 Å². The number of unbranched alkanes of at least 4 members (excludes halogenated alkanes) is 28. The van der Waals surface area contributed by atoms with Gasteiger partial charge >= 0.3 is 5.97 Å². The zero-order chi connectivity index (χ0) is 83.0. The van der Waals surface area contributed by atoms with E-state index < -0.39 is 235 Å². The topological polar surface area (TPSA) is 541 Å². The lowest BCUT2D eigenvalue weighted by Gasteiger charge is -2.51. The monoisotopic (exact) mass is 1630 g/mol. The number of aliphatic hydroxyl groups excluding tert-OH is 16. The third-order valence-electron chi connectivity index (χ3n) is 21.7. The largest absolute Gasteiger partial charge is 0.477 e. The molecule has 20 N–H and O–H groups in total. The lowest BCUT2D eigenvalue weighted by Crippen LogP contribution is -2.71. The maximum Gasteiger partial charge on any atom is 0.364 e. The Morgan fingerprint density at radius 3 is 1.33 bits per heavy atom. The van der Waals surface area contributed by atoms with E-state index in [1.807, 2.05) is 6.08 Å². The highest BCUT2D eigenvalue weighted by atomic mass is 16.8. The van der Waals surface area contributed by atoms with Crippen molar-refractivity contribution in [3.8, 4) is 0 Å². The fourth-order valence-corrected chi connectivity index (χ4v) is 15.1. The third kappa shape index (κ3) is 32.4. The summed E-state index contributed by atoms with van der Waals surface area (Å²) < 4.78 is 59.0.